The Bertz CT molecular complexity index is 491. The molecule has 1 aromatic rings. The SMILES string of the molecule is C[C@@H]1[C@H](C)CCC[C@@H]1[NH2+][C@@H](C)C(=O)Nc1cccc(Cl)c1. The van der Waals surface area contributed by atoms with Crippen molar-refractivity contribution in [3.63, 3.8) is 0 Å². The van der Waals surface area contributed by atoms with Crippen molar-refractivity contribution in [1.29, 1.82) is 0 Å². The third kappa shape index (κ3) is 4.45. The van der Waals surface area contributed by atoms with E-state index in [2.05, 4.69) is 24.5 Å². The highest BCUT2D eigenvalue weighted by Crippen LogP contribution is 2.27. The summed E-state index contributed by atoms with van der Waals surface area (Å²) in [4.78, 5) is 12.3. The molecule has 0 radical (unpaired) electrons. The molecule has 4 heteroatoms. The van der Waals surface area contributed by atoms with Crippen LogP contribution in [-0.2, 0) is 4.79 Å². The Kier molecular flexibility index (Phi) is 5.65. The summed E-state index contributed by atoms with van der Waals surface area (Å²) in [7, 11) is 0. The van der Waals surface area contributed by atoms with E-state index in [0.717, 1.165) is 11.6 Å². The number of nitrogens with one attached hydrogen (secondary N) is 1. The molecule has 116 valence electrons. The maximum absolute atomic E-state index is 12.3. The lowest BCUT2D eigenvalue weighted by Crippen LogP contribution is -2.97. The van der Waals surface area contributed by atoms with Crippen molar-refractivity contribution in [1.82, 2.24) is 0 Å². The molecule has 0 saturated heterocycles. The minimum atomic E-state index is -0.0817. The van der Waals surface area contributed by atoms with Gasteiger partial charge in [-0.1, -0.05) is 31.5 Å². The van der Waals surface area contributed by atoms with Gasteiger partial charge in [-0.25, -0.2) is 0 Å². The van der Waals surface area contributed by atoms with Gasteiger partial charge in [-0.15, -0.1) is 0 Å². The average Bonchev–Trinajstić information content (AvgIpc) is 2.44. The number of amides is 1. The fourth-order valence-electron chi connectivity index (χ4n) is 3.18. The van der Waals surface area contributed by atoms with Gasteiger partial charge in [0.1, 0.15) is 0 Å². The predicted molar refractivity (Wildman–Crippen MR) is 87.4 cm³/mol. The molecule has 1 aliphatic rings. The summed E-state index contributed by atoms with van der Waals surface area (Å²) in [6.07, 6.45) is 3.80. The van der Waals surface area contributed by atoms with Gasteiger partial charge >= 0.3 is 0 Å². The van der Waals surface area contributed by atoms with Gasteiger partial charge in [-0.2, -0.15) is 0 Å². The summed E-state index contributed by atoms with van der Waals surface area (Å²) in [5, 5.41) is 5.82. The van der Waals surface area contributed by atoms with E-state index in [-0.39, 0.29) is 11.9 Å². The zero-order valence-corrected chi connectivity index (χ0v) is 13.9. The fraction of sp³-hybridized carbons (Fsp3) is 0.588. The van der Waals surface area contributed by atoms with E-state index in [1.54, 1.807) is 12.1 Å². The summed E-state index contributed by atoms with van der Waals surface area (Å²) in [5.74, 6) is 1.46. The number of nitrogens with two attached hydrogens (primary N) is 1. The van der Waals surface area contributed by atoms with E-state index < -0.39 is 0 Å². The summed E-state index contributed by atoms with van der Waals surface area (Å²) >= 11 is 5.94. The van der Waals surface area contributed by atoms with Crippen molar-refractivity contribution in [2.75, 3.05) is 5.32 Å². The zero-order valence-electron chi connectivity index (χ0n) is 13.1. The minimum absolute atomic E-state index is 0.0442. The molecule has 0 bridgehead atoms. The van der Waals surface area contributed by atoms with Crippen molar-refractivity contribution >= 4 is 23.2 Å². The topological polar surface area (TPSA) is 45.7 Å². The van der Waals surface area contributed by atoms with Gasteiger partial charge in [-0.05, 0) is 50.3 Å². The van der Waals surface area contributed by atoms with E-state index in [9.17, 15) is 4.79 Å². The van der Waals surface area contributed by atoms with E-state index in [1.165, 1.54) is 19.3 Å². The molecule has 21 heavy (non-hydrogen) atoms. The highest BCUT2D eigenvalue weighted by Gasteiger charge is 2.32. The number of quaternary nitrogens is 1. The first-order valence-electron chi connectivity index (χ1n) is 7.89. The van der Waals surface area contributed by atoms with Crippen molar-refractivity contribution in [2.45, 2.75) is 52.1 Å². The third-order valence-corrected chi connectivity index (χ3v) is 5.05. The van der Waals surface area contributed by atoms with Gasteiger partial charge < -0.3 is 10.6 Å². The van der Waals surface area contributed by atoms with Crippen LogP contribution in [0.2, 0.25) is 5.02 Å². The molecule has 1 saturated carbocycles. The number of halogens is 1. The number of anilines is 1. The van der Waals surface area contributed by atoms with Gasteiger partial charge in [-0.3, -0.25) is 4.79 Å². The maximum atomic E-state index is 12.3. The second kappa shape index (κ2) is 7.28. The molecule has 3 N–H and O–H groups in total. The molecule has 1 aliphatic carbocycles. The van der Waals surface area contributed by atoms with Crippen LogP contribution in [0, 0.1) is 11.8 Å². The van der Waals surface area contributed by atoms with Crippen LogP contribution < -0.4 is 10.6 Å². The minimum Gasteiger partial charge on any atom is -0.334 e. The zero-order chi connectivity index (χ0) is 15.4. The normalized spacial score (nSPS) is 27.1. The Balaban J connectivity index is 1.90. The molecule has 1 fully saturated rings. The van der Waals surface area contributed by atoms with Crippen molar-refractivity contribution in [3.05, 3.63) is 29.3 Å². The Morgan fingerprint density at radius 1 is 1.38 bits per heavy atom. The lowest BCUT2D eigenvalue weighted by atomic mass is 9.78. The molecule has 0 aliphatic heterocycles. The highest BCUT2D eigenvalue weighted by molar-refractivity contribution is 6.30. The molecule has 0 unspecified atom stereocenters. The van der Waals surface area contributed by atoms with E-state index in [1.807, 2.05) is 19.1 Å². The number of rotatable bonds is 4. The van der Waals surface area contributed by atoms with Crippen LogP contribution in [0.4, 0.5) is 5.69 Å². The molecule has 0 spiro atoms. The molecule has 2 rings (SSSR count). The lowest BCUT2D eigenvalue weighted by Gasteiger charge is -2.33. The first kappa shape index (κ1) is 16.3. The standard InChI is InChI=1S/C17H25ClN2O/c1-11-6-4-9-16(12(11)2)19-13(3)17(21)20-15-8-5-7-14(18)10-15/h5,7-8,10-13,16,19H,4,6,9H2,1-3H3,(H,20,21)/p+1/t11-,12-,13+,16+/m1/s1. The smallest absolute Gasteiger partial charge is 0.282 e. The van der Waals surface area contributed by atoms with Gasteiger partial charge in [0, 0.05) is 16.6 Å². The quantitative estimate of drug-likeness (QED) is 0.882. The van der Waals surface area contributed by atoms with Crippen molar-refractivity contribution in [3.8, 4) is 0 Å². The van der Waals surface area contributed by atoms with Gasteiger partial charge in [0.25, 0.3) is 5.91 Å². The molecule has 0 heterocycles. The highest BCUT2D eigenvalue weighted by atomic mass is 35.5. The Hall–Kier alpha value is -1.06. The summed E-state index contributed by atoms with van der Waals surface area (Å²) in [6, 6.07) is 7.75. The Morgan fingerprint density at radius 3 is 2.86 bits per heavy atom. The number of hydrogen-bond acceptors (Lipinski definition) is 1. The molecule has 0 aromatic heterocycles. The first-order valence-corrected chi connectivity index (χ1v) is 8.26. The number of carbonyl (C=O) groups excluding carboxylic acids is 1. The molecular weight excluding hydrogens is 284 g/mol. The third-order valence-electron chi connectivity index (χ3n) is 4.81. The molecule has 3 nitrogen and oxygen atoms in total. The monoisotopic (exact) mass is 309 g/mol. The van der Waals surface area contributed by atoms with Crippen LogP contribution in [0.3, 0.4) is 0 Å². The molecule has 4 atom stereocenters. The van der Waals surface area contributed by atoms with Crippen LogP contribution in [0.25, 0.3) is 0 Å². The van der Waals surface area contributed by atoms with Crippen LogP contribution in [0.5, 0.6) is 0 Å². The molecule has 1 amide bonds. The number of hydrogen-bond donors (Lipinski definition) is 2. The average molecular weight is 310 g/mol. The van der Waals surface area contributed by atoms with E-state index in [0.29, 0.717) is 17.0 Å². The van der Waals surface area contributed by atoms with Crippen molar-refractivity contribution in [2.24, 2.45) is 11.8 Å². The van der Waals surface area contributed by atoms with Crippen LogP contribution in [-0.4, -0.2) is 18.0 Å². The Labute approximate surface area is 132 Å². The largest absolute Gasteiger partial charge is 0.334 e. The molecule has 1 aromatic carbocycles. The Morgan fingerprint density at radius 2 is 2.14 bits per heavy atom. The number of benzene rings is 1. The molecular formula is C17H26ClN2O+. The fourth-order valence-corrected chi connectivity index (χ4v) is 3.37. The van der Waals surface area contributed by atoms with Crippen molar-refractivity contribution < 1.29 is 10.1 Å². The summed E-state index contributed by atoms with van der Waals surface area (Å²) in [5.41, 5.74) is 0.762. The van der Waals surface area contributed by atoms with Gasteiger partial charge in [0.15, 0.2) is 6.04 Å². The summed E-state index contributed by atoms with van der Waals surface area (Å²) in [6.45, 7) is 6.61. The predicted octanol–water partition coefficient (Wildman–Crippen LogP) is 3.06. The van der Waals surface area contributed by atoms with E-state index >= 15 is 0 Å². The van der Waals surface area contributed by atoms with Crippen LogP contribution in [0.15, 0.2) is 24.3 Å². The summed E-state index contributed by atoms with van der Waals surface area (Å²) < 4.78 is 0. The number of carbonyl (C=O) groups is 1. The maximum Gasteiger partial charge on any atom is 0.282 e. The second-order valence-electron chi connectivity index (χ2n) is 6.41. The van der Waals surface area contributed by atoms with E-state index in [4.69, 9.17) is 11.6 Å². The van der Waals surface area contributed by atoms with Crippen LogP contribution in [0.1, 0.15) is 40.0 Å². The first-order chi connectivity index (χ1) is 9.97. The lowest BCUT2D eigenvalue weighted by molar-refractivity contribution is -0.715. The second-order valence-corrected chi connectivity index (χ2v) is 6.85. The van der Waals surface area contributed by atoms with Crippen LogP contribution >= 0.6 is 11.6 Å². The van der Waals surface area contributed by atoms with Gasteiger partial charge in [0.05, 0.1) is 6.04 Å². The van der Waals surface area contributed by atoms with Gasteiger partial charge in [0.2, 0.25) is 0 Å².